The Kier molecular flexibility index (Phi) is 4.59. The van der Waals surface area contributed by atoms with E-state index in [0.29, 0.717) is 45.6 Å². The normalized spacial score (nSPS) is 17.0. The molecule has 0 spiro atoms. The molecule has 11 nitrogen and oxygen atoms in total. The van der Waals surface area contributed by atoms with Crippen LogP contribution in [0.1, 0.15) is 18.4 Å². The number of benzene rings is 1. The number of ether oxygens (including phenoxy) is 1. The molecule has 2 fully saturated rings. The molecule has 3 aromatic rings. The lowest BCUT2D eigenvalue weighted by molar-refractivity contribution is -0.115. The number of hydrogen-bond acceptors (Lipinski definition) is 8. The second-order valence-electron chi connectivity index (χ2n) is 7.07. The number of rotatable bonds is 6. The molecular weight excluding hydrogens is 424 g/mol. The number of aromatic nitrogens is 4. The van der Waals surface area contributed by atoms with Crippen LogP contribution in [-0.4, -0.2) is 44.7 Å². The van der Waals surface area contributed by atoms with Gasteiger partial charge in [-0.1, -0.05) is 11.6 Å². The number of halogens is 1. The average Bonchev–Trinajstić information content (AvgIpc) is 3.37. The fourth-order valence-electron chi connectivity index (χ4n) is 3.07. The molecule has 4 N–H and O–H groups in total. The zero-order chi connectivity index (χ0) is 21.5. The van der Waals surface area contributed by atoms with Gasteiger partial charge in [0.1, 0.15) is 11.4 Å². The summed E-state index contributed by atoms with van der Waals surface area (Å²) in [5, 5.41) is 15.9. The van der Waals surface area contributed by atoms with Gasteiger partial charge in [-0.2, -0.15) is 19.6 Å². The minimum absolute atomic E-state index is 0.117. The molecule has 1 aliphatic carbocycles. The molecular formula is C19H17ClN8O3. The summed E-state index contributed by atoms with van der Waals surface area (Å²) in [6, 6.07) is 5.00. The van der Waals surface area contributed by atoms with Crippen molar-refractivity contribution in [3.63, 3.8) is 0 Å². The van der Waals surface area contributed by atoms with Gasteiger partial charge < -0.3 is 20.7 Å². The lowest BCUT2D eigenvalue weighted by Crippen LogP contribution is -2.22. The van der Waals surface area contributed by atoms with Crippen LogP contribution in [0.5, 0.6) is 5.75 Å². The summed E-state index contributed by atoms with van der Waals surface area (Å²) in [4.78, 5) is 32.4. The number of nitrogens with one attached hydrogen (secondary N) is 4. The summed E-state index contributed by atoms with van der Waals surface area (Å²) in [5.74, 6) is 0.873. The van der Waals surface area contributed by atoms with Gasteiger partial charge >= 0.3 is 6.03 Å². The van der Waals surface area contributed by atoms with Crippen LogP contribution >= 0.6 is 11.6 Å². The highest BCUT2D eigenvalue weighted by atomic mass is 35.5. The molecule has 1 saturated heterocycles. The molecule has 12 heteroatoms. The Bertz CT molecular complexity index is 1250. The lowest BCUT2D eigenvalue weighted by atomic mass is 10.2. The third-order valence-corrected chi connectivity index (χ3v) is 5.03. The molecule has 1 aromatic carbocycles. The first kappa shape index (κ1) is 19.1. The number of methoxy groups -OCH3 is 1. The van der Waals surface area contributed by atoms with Crippen molar-refractivity contribution in [2.45, 2.75) is 18.9 Å². The predicted octanol–water partition coefficient (Wildman–Crippen LogP) is 2.28. The van der Waals surface area contributed by atoms with E-state index in [9.17, 15) is 9.59 Å². The van der Waals surface area contributed by atoms with Gasteiger partial charge in [0.2, 0.25) is 11.9 Å². The van der Waals surface area contributed by atoms with Gasteiger partial charge in [0.25, 0.3) is 5.91 Å². The Morgan fingerprint density at radius 1 is 1.26 bits per heavy atom. The topological polar surface area (TPSA) is 135 Å². The van der Waals surface area contributed by atoms with Crippen LogP contribution < -0.4 is 26.0 Å². The van der Waals surface area contributed by atoms with Gasteiger partial charge in [0.15, 0.2) is 5.65 Å². The van der Waals surface area contributed by atoms with Crippen LogP contribution in [0, 0.1) is 0 Å². The van der Waals surface area contributed by atoms with Gasteiger partial charge in [0.05, 0.1) is 18.3 Å². The second-order valence-corrected chi connectivity index (χ2v) is 7.47. The van der Waals surface area contributed by atoms with Crippen LogP contribution in [0.15, 0.2) is 30.1 Å². The first-order valence-corrected chi connectivity index (χ1v) is 9.85. The highest BCUT2D eigenvalue weighted by Crippen LogP contribution is 2.30. The van der Waals surface area contributed by atoms with Crippen LogP contribution in [0.2, 0.25) is 5.02 Å². The van der Waals surface area contributed by atoms with E-state index in [1.807, 2.05) is 0 Å². The molecule has 31 heavy (non-hydrogen) atoms. The number of imide groups is 1. The summed E-state index contributed by atoms with van der Waals surface area (Å²) < 4.78 is 6.74. The zero-order valence-corrected chi connectivity index (χ0v) is 17.0. The van der Waals surface area contributed by atoms with Gasteiger partial charge in [0, 0.05) is 17.3 Å². The molecule has 3 amide bonds. The molecule has 5 rings (SSSR count). The van der Waals surface area contributed by atoms with Crippen molar-refractivity contribution < 1.29 is 14.3 Å². The fraction of sp³-hybridized carbons (Fsp3) is 0.211. The van der Waals surface area contributed by atoms with Gasteiger partial charge in [-0.3, -0.25) is 10.1 Å². The van der Waals surface area contributed by atoms with E-state index < -0.39 is 11.9 Å². The van der Waals surface area contributed by atoms with Crippen molar-refractivity contribution in [1.29, 1.82) is 0 Å². The fourth-order valence-corrected chi connectivity index (χ4v) is 3.32. The number of anilines is 3. The third kappa shape index (κ3) is 3.82. The Morgan fingerprint density at radius 2 is 2.10 bits per heavy atom. The van der Waals surface area contributed by atoms with E-state index in [1.165, 1.54) is 6.08 Å². The molecule has 0 bridgehead atoms. The highest BCUT2D eigenvalue weighted by molar-refractivity contribution is 6.32. The number of nitrogens with zero attached hydrogens (tertiary/aromatic N) is 4. The third-order valence-electron chi connectivity index (χ3n) is 4.73. The smallest absolute Gasteiger partial charge is 0.326 e. The molecule has 0 radical (unpaired) electrons. The molecule has 3 heterocycles. The quantitative estimate of drug-likeness (QED) is 0.339. The minimum Gasteiger partial charge on any atom is -0.495 e. The van der Waals surface area contributed by atoms with E-state index in [0.717, 1.165) is 12.8 Å². The summed E-state index contributed by atoms with van der Waals surface area (Å²) in [6.45, 7) is 0. The number of hydrogen-bond donors (Lipinski definition) is 4. The highest BCUT2D eigenvalue weighted by Gasteiger charge is 2.26. The van der Waals surface area contributed by atoms with E-state index in [2.05, 4.69) is 36.3 Å². The molecule has 1 aliphatic heterocycles. The standard InChI is InChI=1S/C19H17ClN8O3/c1-31-14-5-4-11(7-12(14)20)22-17-25-15-9(6-13-16(29)26-19(30)24-13)8-21-28(15)18(27-17)23-10-2-3-10/h4-8,10H,2-3H2,1H3,(H2,22,23,25,27)(H2,24,26,29,30)/b13-6-. The van der Waals surface area contributed by atoms with Crippen molar-refractivity contribution in [2.75, 3.05) is 17.7 Å². The predicted molar refractivity (Wildman–Crippen MR) is 113 cm³/mol. The number of fused-ring (bicyclic) bond motifs is 1. The summed E-state index contributed by atoms with van der Waals surface area (Å²) >= 11 is 6.22. The van der Waals surface area contributed by atoms with E-state index in [-0.39, 0.29) is 5.70 Å². The average molecular weight is 441 g/mol. The Hall–Kier alpha value is -3.86. The first-order valence-electron chi connectivity index (χ1n) is 9.47. The monoisotopic (exact) mass is 440 g/mol. The molecule has 2 aromatic heterocycles. The number of urea groups is 1. The van der Waals surface area contributed by atoms with Gasteiger partial charge in [-0.05, 0) is 37.1 Å². The van der Waals surface area contributed by atoms with Crippen LogP contribution in [0.3, 0.4) is 0 Å². The maximum Gasteiger partial charge on any atom is 0.326 e. The largest absolute Gasteiger partial charge is 0.495 e. The summed E-state index contributed by atoms with van der Waals surface area (Å²) in [5.41, 5.74) is 1.80. The van der Waals surface area contributed by atoms with Crippen molar-refractivity contribution >= 4 is 52.8 Å². The minimum atomic E-state index is -0.572. The summed E-state index contributed by atoms with van der Waals surface area (Å²) in [7, 11) is 1.55. The van der Waals surface area contributed by atoms with Crippen molar-refractivity contribution in [3.8, 4) is 5.75 Å². The molecule has 1 saturated carbocycles. The second kappa shape index (κ2) is 7.43. The van der Waals surface area contributed by atoms with Crippen molar-refractivity contribution in [1.82, 2.24) is 30.2 Å². The van der Waals surface area contributed by atoms with Crippen molar-refractivity contribution in [3.05, 3.63) is 40.7 Å². The Balaban J connectivity index is 1.55. The van der Waals surface area contributed by atoms with E-state index in [1.54, 1.807) is 36.0 Å². The first-order chi connectivity index (χ1) is 15.0. The Labute approximate surface area is 180 Å². The van der Waals surface area contributed by atoms with Crippen LogP contribution in [-0.2, 0) is 4.79 Å². The maximum absolute atomic E-state index is 11.9. The molecule has 0 atom stereocenters. The van der Waals surface area contributed by atoms with Gasteiger partial charge in [-0.25, -0.2) is 4.79 Å². The lowest BCUT2D eigenvalue weighted by Gasteiger charge is -2.11. The molecule has 0 unspecified atom stereocenters. The molecule has 2 aliphatic rings. The SMILES string of the molecule is COc1ccc(Nc2nc(NC3CC3)n3ncc(/C=C4\NC(=O)NC4=O)c3n2)cc1Cl. The zero-order valence-electron chi connectivity index (χ0n) is 16.3. The number of amides is 3. The van der Waals surface area contributed by atoms with Crippen LogP contribution in [0.25, 0.3) is 11.7 Å². The van der Waals surface area contributed by atoms with Gasteiger partial charge in [-0.15, -0.1) is 0 Å². The summed E-state index contributed by atoms with van der Waals surface area (Å²) in [6.07, 6.45) is 5.17. The van der Waals surface area contributed by atoms with E-state index >= 15 is 0 Å². The molecule has 158 valence electrons. The van der Waals surface area contributed by atoms with E-state index in [4.69, 9.17) is 16.3 Å². The number of carbonyl (C=O) groups excluding carboxylic acids is 2. The Morgan fingerprint density at radius 3 is 2.77 bits per heavy atom. The number of carbonyl (C=O) groups is 2. The van der Waals surface area contributed by atoms with Crippen LogP contribution in [0.4, 0.5) is 22.4 Å². The maximum atomic E-state index is 11.9. The van der Waals surface area contributed by atoms with Crippen molar-refractivity contribution in [2.24, 2.45) is 0 Å².